The van der Waals surface area contributed by atoms with Crippen LogP contribution in [-0.4, -0.2) is 32.4 Å². The summed E-state index contributed by atoms with van der Waals surface area (Å²) in [5, 5.41) is 2.92. The first kappa shape index (κ1) is 22.9. The molecule has 5 nitrogen and oxygen atoms in total. The lowest BCUT2D eigenvalue weighted by Gasteiger charge is -2.22. The van der Waals surface area contributed by atoms with Crippen molar-refractivity contribution in [2.24, 2.45) is 0 Å². The first-order valence-electron chi connectivity index (χ1n) is 8.87. The lowest BCUT2D eigenvalue weighted by molar-refractivity contribution is -0.123. The van der Waals surface area contributed by atoms with Crippen molar-refractivity contribution in [3.63, 3.8) is 0 Å². The van der Waals surface area contributed by atoms with E-state index in [9.17, 15) is 13.2 Å². The van der Waals surface area contributed by atoms with Gasteiger partial charge in [-0.2, -0.15) is 16.5 Å². The van der Waals surface area contributed by atoms with Gasteiger partial charge >= 0.3 is 0 Å². The van der Waals surface area contributed by atoms with E-state index in [1.54, 1.807) is 36.0 Å². The molecule has 152 valence electrons. The zero-order valence-electron chi connectivity index (χ0n) is 16.1. The fourth-order valence-electron chi connectivity index (χ4n) is 2.67. The van der Waals surface area contributed by atoms with Crippen LogP contribution in [0.5, 0.6) is 0 Å². The van der Waals surface area contributed by atoms with Crippen LogP contribution in [-0.2, 0) is 14.8 Å². The molecular weight excluding hydrogens is 460 g/mol. The molecule has 2 atom stereocenters. The predicted octanol–water partition coefficient (Wildman–Crippen LogP) is 4.03. The van der Waals surface area contributed by atoms with E-state index in [1.165, 1.54) is 0 Å². The van der Waals surface area contributed by atoms with Crippen molar-refractivity contribution in [1.29, 1.82) is 0 Å². The minimum atomic E-state index is -3.79. The summed E-state index contributed by atoms with van der Waals surface area (Å²) >= 11 is 5.05. The van der Waals surface area contributed by atoms with Crippen LogP contribution in [0.4, 0.5) is 0 Å². The highest BCUT2D eigenvalue weighted by Crippen LogP contribution is 2.23. The van der Waals surface area contributed by atoms with Crippen LogP contribution in [0, 0.1) is 6.92 Å². The highest BCUT2D eigenvalue weighted by atomic mass is 79.9. The summed E-state index contributed by atoms with van der Waals surface area (Å²) in [5.74, 6) is 0.325. The number of hydrogen-bond acceptors (Lipinski definition) is 4. The maximum atomic E-state index is 12.8. The Morgan fingerprint density at radius 3 is 2.39 bits per heavy atom. The Labute approximate surface area is 179 Å². The van der Waals surface area contributed by atoms with Gasteiger partial charge in [0.05, 0.1) is 10.9 Å². The summed E-state index contributed by atoms with van der Waals surface area (Å²) in [6.07, 6.45) is 2.33. The Hall–Kier alpha value is -1.35. The van der Waals surface area contributed by atoms with Gasteiger partial charge in [-0.1, -0.05) is 51.8 Å². The Bertz CT molecular complexity index is 902. The average molecular weight is 485 g/mol. The van der Waals surface area contributed by atoms with E-state index in [1.807, 2.05) is 44.4 Å². The van der Waals surface area contributed by atoms with E-state index >= 15 is 0 Å². The number of sulfonamides is 1. The summed E-state index contributed by atoms with van der Waals surface area (Å²) in [6.45, 7) is 3.76. The third kappa shape index (κ3) is 6.34. The molecule has 0 aromatic heterocycles. The molecule has 8 heteroatoms. The van der Waals surface area contributed by atoms with Gasteiger partial charge in [-0.3, -0.25) is 4.79 Å². The molecule has 0 aliphatic carbocycles. The molecule has 1 amide bonds. The van der Waals surface area contributed by atoms with E-state index in [4.69, 9.17) is 0 Å². The van der Waals surface area contributed by atoms with Crippen LogP contribution in [0.1, 0.15) is 30.5 Å². The highest BCUT2D eigenvalue weighted by molar-refractivity contribution is 9.10. The molecule has 0 aliphatic rings. The number of thioether (sulfide) groups is 1. The number of hydrogen-bond donors (Lipinski definition) is 2. The van der Waals surface area contributed by atoms with Crippen molar-refractivity contribution < 1.29 is 13.2 Å². The molecular formula is C20H25BrN2O3S2. The zero-order chi connectivity index (χ0) is 20.7. The van der Waals surface area contributed by atoms with Gasteiger partial charge in [0.1, 0.15) is 6.04 Å². The Morgan fingerprint density at radius 1 is 1.14 bits per heavy atom. The number of benzene rings is 2. The molecule has 2 aromatic carbocycles. The van der Waals surface area contributed by atoms with Crippen molar-refractivity contribution in [2.75, 3.05) is 12.0 Å². The minimum Gasteiger partial charge on any atom is -0.348 e. The molecule has 0 radical (unpaired) electrons. The quantitative estimate of drug-likeness (QED) is 0.563. The van der Waals surface area contributed by atoms with Crippen LogP contribution in [0.25, 0.3) is 0 Å². The molecule has 0 bridgehead atoms. The fourth-order valence-corrected chi connectivity index (χ4v) is 5.00. The molecule has 2 aromatic rings. The van der Waals surface area contributed by atoms with Crippen molar-refractivity contribution in [1.82, 2.24) is 10.0 Å². The largest absolute Gasteiger partial charge is 0.348 e. The third-order valence-electron chi connectivity index (χ3n) is 4.29. The molecule has 2 unspecified atom stereocenters. The second-order valence-electron chi connectivity index (χ2n) is 6.52. The molecule has 0 aliphatic heterocycles. The van der Waals surface area contributed by atoms with Crippen LogP contribution < -0.4 is 10.0 Å². The van der Waals surface area contributed by atoms with Gasteiger partial charge in [-0.25, -0.2) is 8.42 Å². The first-order chi connectivity index (χ1) is 13.2. The van der Waals surface area contributed by atoms with Gasteiger partial charge in [0.15, 0.2) is 0 Å². The van der Waals surface area contributed by atoms with Gasteiger partial charge in [0.25, 0.3) is 0 Å². The number of carbonyl (C=O) groups excluding carboxylic acids is 1. The van der Waals surface area contributed by atoms with Gasteiger partial charge in [0.2, 0.25) is 15.9 Å². The fraction of sp³-hybridized carbons (Fsp3) is 0.350. The lowest BCUT2D eigenvalue weighted by atomic mass is 10.1. The number of halogens is 1. The second-order valence-corrected chi connectivity index (χ2v) is 10.1. The van der Waals surface area contributed by atoms with Gasteiger partial charge < -0.3 is 5.32 Å². The first-order valence-corrected chi connectivity index (χ1v) is 12.5. The monoisotopic (exact) mass is 484 g/mol. The van der Waals surface area contributed by atoms with Crippen LogP contribution in [0.2, 0.25) is 0 Å². The molecule has 0 saturated carbocycles. The molecule has 0 spiro atoms. The number of nitrogens with one attached hydrogen (secondary N) is 2. The summed E-state index contributed by atoms with van der Waals surface area (Å²) in [4.78, 5) is 13.0. The van der Waals surface area contributed by atoms with Crippen LogP contribution >= 0.6 is 27.7 Å². The minimum absolute atomic E-state index is 0.152. The van der Waals surface area contributed by atoms with Gasteiger partial charge in [0, 0.05) is 4.47 Å². The molecule has 0 fully saturated rings. The Kier molecular flexibility index (Phi) is 8.55. The number of amides is 1. The zero-order valence-corrected chi connectivity index (χ0v) is 19.3. The van der Waals surface area contributed by atoms with E-state index in [0.717, 1.165) is 15.6 Å². The van der Waals surface area contributed by atoms with Crippen molar-refractivity contribution in [3.05, 3.63) is 64.1 Å². The summed E-state index contributed by atoms with van der Waals surface area (Å²) < 4.78 is 28.9. The maximum absolute atomic E-state index is 12.8. The van der Waals surface area contributed by atoms with Crippen LogP contribution in [0.3, 0.4) is 0 Å². The molecule has 0 heterocycles. The molecule has 2 rings (SSSR count). The molecule has 28 heavy (non-hydrogen) atoms. The summed E-state index contributed by atoms with van der Waals surface area (Å²) in [5.41, 5.74) is 1.90. The van der Waals surface area contributed by atoms with E-state index in [-0.39, 0.29) is 16.8 Å². The lowest BCUT2D eigenvalue weighted by Crippen LogP contribution is -2.47. The Morgan fingerprint density at radius 2 is 1.79 bits per heavy atom. The van der Waals surface area contributed by atoms with Crippen molar-refractivity contribution in [2.45, 2.75) is 37.2 Å². The molecule has 0 saturated heterocycles. The number of rotatable bonds is 9. The standard InChI is InChI=1S/C20H25BrN2O3S2/c1-14-8-10-16(11-9-14)28(25,26)23-19(12-13-27-3)20(24)22-15(2)17-6-4-5-7-18(17)21/h4-11,15,19,23H,12-13H2,1-3H3,(H,22,24). The van der Waals surface area contributed by atoms with Crippen LogP contribution in [0.15, 0.2) is 57.9 Å². The average Bonchev–Trinajstić information content (AvgIpc) is 2.65. The van der Waals surface area contributed by atoms with E-state index in [0.29, 0.717) is 12.2 Å². The third-order valence-corrected chi connectivity index (χ3v) is 7.14. The number of carbonyl (C=O) groups is 1. The predicted molar refractivity (Wildman–Crippen MR) is 119 cm³/mol. The van der Waals surface area contributed by atoms with Crippen molar-refractivity contribution >= 4 is 43.6 Å². The van der Waals surface area contributed by atoms with Crippen molar-refractivity contribution in [3.8, 4) is 0 Å². The normalized spacial score (nSPS) is 13.7. The van der Waals surface area contributed by atoms with Gasteiger partial charge in [-0.15, -0.1) is 0 Å². The highest BCUT2D eigenvalue weighted by Gasteiger charge is 2.26. The Balaban J connectivity index is 2.16. The topological polar surface area (TPSA) is 75.3 Å². The second kappa shape index (κ2) is 10.4. The van der Waals surface area contributed by atoms with E-state index < -0.39 is 16.1 Å². The van der Waals surface area contributed by atoms with E-state index in [2.05, 4.69) is 26.0 Å². The SMILES string of the molecule is CSCCC(NS(=O)(=O)c1ccc(C)cc1)C(=O)NC(C)c1ccccc1Br. The smallest absolute Gasteiger partial charge is 0.241 e. The number of aryl methyl sites for hydroxylation is 1. The summed E-state index contributed by atoms with van der Waals surface area (Å²) in [7, 11) is -3.79. The summed E-state index contributed by atoms with van der Waals surface area (Å²) in [6, 6.07) is 13.1. The maximum Gasteiger partial charge on any atom is 0.241 e. The van der Waals surface area contributed by atoms with Gasteiger partial charge in [-0.05, 0) is 56.0 Å². The molecule has 2 N–H and O–H groups in total.